The first-order valence-corrected chi connectivity index (χ1v) is 17.3. The lowest BCUT2D eigenvalue weighted by atomic mass is 10.0. The van der Waals surface area contributed by atoms with E-state index in [2.05, 4.69) is 97.1 Å². The minimum absolute atomic E-state index is 0.637. The first-order chi connectivity index (χ1) is 24.8. The van der Waals surface area contributed by atoms with E-state index in [1.165, 1.54) is 4.70 Å². The van der Waals surface area contributed by atoms with E-state index in [0.29, 0.717) is 11.6 Å². The van der Waals surface area contributed by atoms with E-state index >= 15 is 0 Å². The fourth-order valence-corrected chi connectivity index (χ4v) is 7.90. The Bertz CT molecular complexity index is 2810. The Labute approximate surface area is 291 Å². The topological polar surface area (TPSA) is 64.7 Å². The molecule has 6 heteroatoms. The van der Waals surface area contributed by atoms with Gasteiger partial charge in [-0.15, -0.1) is 11.3 Å². The molecule has 0 saturated carbocycles. The summed E-state index contributed by atoms with van der Waals surface area (Å²) in [7, 11) is 0. The summed E-state index contributed by atoms with van der Waals surface area (Å²) in [5.74, 6) is 1.31. The maximum absolute atomic E-state index is 6.56. The SMILES string of the molecule is c1ccc(-c2cc(-c3ccccc3)nc(-c3ccc4c(c3)oc3cccc(-c5nc(-c6ccccc6)c6sc7ccccc7c6n5)c34)n2)cc1. The molecule has 0 N–H and O–H groups in total. The average molecular weight is 659 g/mol. The molecule has 10 aromatic rings. The van der Waals surface area contributed by atoms with Crippen molar-refractivity contribution < 1.29 is 4.42 Å². The van der Waals surface area contributed by atoms with E-state index in [9.17, 15) is 0 Å². The molecule has 0 aliphatic heterocycles. The summed E-state index contributed by atoms with van der Waals surface area (Å²) < 4.78 is 8.83. The van der Waals surface area contributed by atoms with Gasteiger partial charge in [0.1, 0.15) is 11.2 Å². The van der Waals surface area contributed by atoms with Gasteiger partial charge in [-0.3, -0.25) is 0 Å². The Morgan fingerprint density at radius 2 is 1.10 bits per heavy atom. The summed E-state index contributed by atoms with van der Waals surface area (Å²) in [5.41, 5.74) is 10.1. The molecule has 0 unspecified atom stereocenters. The van der Waals surface area contributed by atoms with E-state index in [4.69, 9.17) is 24.4 Å². The summed E-state index contributed by atoms with van der Waals surface area (Å²) in [6.07, 6.45) is 0. The van der Waals surface area contributed by atoms with Crippen molar-refractivity contribution in [2.45, 2.75) is 0 Å². The van der Waals surface area contributed by atoms with Gasteiger partial charge in [-0.25, -0.2) is 19.9 Å². The van der Waals surface area contributed by atoms with Crippen LogP contribution >= 0.6 is 11.3 Å². The number of nitrogens with zero attached hydrogens (tertiary/aromatic N) is 4. The molecule has 4 heterocycles. The van der Waals surface area contributed by atoms with Crippen LogP contribution in [0.3, 0.4) is 0 Å². The summed E-state index contributed by atoms with van der Waals surface area (Å²) in [6, 6.07) is 53.7. The highest BCUT2D eigenvalue weighted by Crippen LogP contribution is 2.42. The number of thiophene rings is 1. The molecule has 0 fully saturated rings. The second-order valence-corrected chi connectivity index (χ2v) is 13.3. The highest BCUT2D eigenvalue weighted by Gasteiger charge is 2.20. The average Bonchev–Trinajstić information content (AvgIpc) is 3.76. The third-order valence-corrected chi connectivity index (χ3v) is 10.3. The van der Waals surface area contributed by atoms with Gasteiger partial charge in [-0.2, -0.15) is 0 Å². The van der Waals surface area contributed by atoms with Crippen LogP contribution in [0.5, 0.6) is 0 Å². The molecule has 234 valence electrons. The second-order valence-electron chi connectivity index (χ2n) is 12.2. The van der Waals surface area contributed by atoms with E-state index < -0.39 is 0 Å². The predicted octanol–water partition coefficient (Wildman–Crippen LogP) is 11.9. The molecule has 10 rings (SSSR count). The maximum Gasteiger partial charge on any atom is 0.161 e. The minimum Gasteiger partial charge on any atom is -0.456 e. The molecule has 0 saturated heterocycles. The molecule has 0 aliphatic rings. The van der Waals surface area contributed by atoms with Gasteiger partial charge in [-0.05, 0) is 30.3 Å². The van der Waals surface area contributed by atoms with E-state index in [1.807, 2.05) is 60.7 Å². The van der Waals surface area contributed by atoms with Gasteiger partial charge in [-0.1, -0.05) is 127 Å². The number of hydrogen-bond donors (Lipinski definition) is 0. The number of aromatic nitrogens is 4. The Morgan fingerprint density at radius 1 is 0.440 bits per heavy atom. The standard InChI is InChI=1S/C44H26N4OS/c1-4-13-27(14-5-1)34-26-35(28-15-6-2-7-16-28)46-43(45-34)30-23-24-31-37(25-30)49-36-21-12-20-33(39(31)36)44-47-40(29-17-8-3-9-18-29)42-41(48-44)32-19-10-11-22-38(32)50-42/h1-26H. The van der Waals surface area contributed by atoms with Crippen LogP contribution in [0.1, 0.15) is 0 Å². The number of rotatable bonds is 5. The maximum atomic E-state index is 6.56. The molecule has 5 nitrogen and oxygen atoms in total. The van der Waals surface area contributed by atoms with Gasteiger partial charge in [0.25, 0.3) is 0 Å². The van der Waals surface area contributed by atoms with Crippen molar-refractivity contribution in [1.29, 1.82) is 0 Å². The van der Waals surface area contributed by atoms with Gasteiger partial charge in [0.2, 0.25) is 0 Å². The van der Waals surface area contributed by atoms with Crippen LogP contribution in [0, 0.1) is 0 Å². The Balaban J connectivity index is 1.16. The van der Waals surface area contributed by atoms with Crippen molar-refractivity contribution in [3.8, 4) is 56.5 Å². The largest absolute Gasteiger partial charge is 0.456 e. The first-order valence-electron chi connectivity index (χ1n) is 16.5. The molecule has 50 heavy (non-hydrogen) atoms. The van der Waals surface area contributed by atoms with Crippen molar-refractivity contribution in [3.05, 3.63) is 158 Å². The summed E-state index contributed by atoms with van der Waals surface area (Å²) in [4.78, 5) is 20.6. The van der Waals surface area contributed by atoms with E-state index in [0.717, 1.165) is 82.4 Å². The van der Waals surface area contributed by atoms with E-state index in [-0.39, 0.29) is 0 Å². The lowest BCUT2D eigenvalue weighted by Gasteiger charge is -2.09. The van der Waals surface area contributed by atoms with Crippen LogP contribution < -0.4 is 0 Å². The number of fused-ring (bicyclic) bond motifs is 6. The van der Waals surface area contributed by atoms with Crippen LogP contribution in [-0.2, 0) is 0 Å². The molecule has 0 bridgehead atoms. The quantitative estimate of drug-likeness (QED) is 0.184. The minimum atomic E-state index is 0.637. The molecule has 6 aromatic carbocycles. The van der Waals surface area contributed by atoms with Crippen molar-refractivity contribution in [2.75, 3.05) is 0 Å². The van der Waals surface area contributed by atoms with Crippen LogP contribution in [0.25, 0.3) is 98.8 Å². The fourth-order valence-electron chi connectivity index (χ4n) is 6.74. The van der Waals surface area contributed by atoms with Gasteiger partial charge in [0.05, 0.1) is 27.3 Å². The predicted molar refractivity (Wildman–Crippen MR) is 205 cm³/mol. The molecule has 4 aromatic heterocycles. The molecule has 0 atom stereocenters. The van der Waals surface area contributed by atoms with Crippen LogP contribution in [0.4, 0.5) is 0 Å². The zero-order chi connectivity index (χ0) is 33.0. The summed E-state index contributed by atoms with van der Waals surface area (Å²) >= 11 is 1.74. The van der Waals surface area contributed by atoms with Crippen molar-refractivity contribution >= 4 is 53.6 Å². The van der Waals surface area contributed by atoms with Gasteiger partial charge in [0.15, 0.2) is 11.6 Å². The Hall–Kier alpha value is -6.50. The summed E-state index contributed by atoms with van der Waals surface area (Å²) in [6.45, 7) is 0. The normalized spacial score (nSPS) is 11.6. The Morgan fingerprint density at radius 3 is 1.82 bits per heavy atom. The number of hydrogen-bond acceptors (Lipinski definition) is 6. The number of benzene rings is 6. The van der Waals surface area contributed by atoms with Gasteiger partial charge < -0.3 is 4.42 Å². The van der Waals surface area contributed by atoms with Crippen molar-refractivity contribution in [2.24, 2.45) is 0 Å². The van der Waals surface area contributed by atoms with Crippen molar-refractivity contribution in [3.63, 3.8) is 0 Å². The van der Waals surface area contributed by atoms with Gasteiger partial charge >= 0.3 is 0 Å². The molecule has 0 spiro atoms. The lowest BCUT2D eigenvalue weighted by molar-refractivity contribution is 0.669. The first kappa shape index (κ1) is 28.5. The fraction of sp³-hybridized carbons (Fsp3) is 0. The monoisotopic (exact) mass is 658 g/mol. The summed E-state index contributed by atoms with van der Waals surface area (Å²) in [5, 5.41) is 3.10. The third kappa shape index (κ3) is 4.77. The lowest BCUT2D eigenvalue weighted by Crippen LogP contribution is -1.95. The highest BCUT2D eigenvalue weighted by molar-refractivity contribution is 7.26. The number of furan rings is 1. The Kier molecular flexibility index (Phi) is 6.60. The molecule has 0 radical (unpaired) electrons. The van der Waals surface area contributed by atoms with Crippen LogP contribution in [0.15, 0.2) is 162 Å². The van der Waals surface area contributed by atoms with Gasteiger partial charge in [0, 0.05) is 48.7 Å². The highest BCUT2D eigenvalue weighted by atomic mass is 32.1. The van der Waals surface area contributed by atoms with Crippen LogP contribution in [0.2, 0.25) is 0 Å². The smallest absolute Gasteiger partial charge is 0.161 e. The van der Waals surface area contributed by atoms with E-state index in [1.54, 1.807) is 11.3 Å². The van der Waals surface area contributed by atoms with Crippen LogP contribution in [-0.4, -0.2) is 19.9 Å². The zero-order valence-electron chi connectivity index (χ0n) is 26.6. The second kappa shape index (κ2) is 11.6. The third-order valence-electron chi connectivity index (χ3n) is 9.13. The molecular formula is C44H26N4OS. The zero-order valence-corrected chi connectivity index (χ0v) is 27.4. The molecule has 0 amide bonds. The van der Waals surface area contributed by atoms with Crippen molar-refractivity contribution in [1.82, 2.24) is 19.9 Å². The molecule has 0 aliphatic carbocycles. The molecular weight excluding hydrogens is 633 g/mol.